The second-order valence-electron chi connectivity index (χ2n) is 7.02. The van der Waals surface area contributed by atoms with Crippen molar-refractivity contribution in [1.82, 2.24) is 20.1 Å². The maximum Gasteiger partial charge on any atom is 0.313 e. The van der Waals surface area contributed by atoms with E-state index in [1.165, 1.54) is 17.3 Å². The van der Waals surface area contributed by atoms with E-state index in [9.17, 15) is 9.59 Å². The second-order valence-corrected chi connectivity index (χ2v) is 7.45. The van der Waals surface area contributed by atoms with E-state index >= 15 is 0 Å². The predicted octanol–water partition coefficient (Wildman–Crippen LogP) is 3.76. The number of rotatable bonds is 6. The molecule has 3 rings (SSSR count). The lowest BCUT2D eigenvalue weighted by Crippen LogP contribution is -2.38. The van der Waals surface area contributed by atoms with Crippen molar-refractivity contribution in [3.05, 3.63) is 71.8 Å². The zero-order valence-electron chi connectivity index (χ0n) is 16.2. The molecule has 0 fully saturated rings. The molecule has 0 bridgehead atoms. The minimum atomic E-state index is -0.750. The highest BCUT2D eigenvalue weighted by Crippen LogP contribution is 2.23. The van der Waals surface area contributed by atoms with Gasteiger partial charge in [0.15, 0.2) is 0 Å². The summed E-state index contributed by atoms with van der Waals surface area (Å²) in [6.07, 6.45) is 3.61. The summed E-state index contributed by atoms with van der Waals surface area (Å²) in [7, 11) is 0. The van der Waals surface area contributed by atoms with Crippen LogP contribution in [0.5, 0.6) is 0 Å². The quantitative estimate of drug-likeness (QED) is 0.604. The lowest BCUT2D eigenvalue weighted by molar-refractivity contribution is -0.136. The number of carbonyl (C=O) groups excluding carboxylic acids is 2. The lowest BCUT2D eigenvalue weighted by atomic mass is 9.97. The Morgan fingerprint density at radius 3 is 2.45 bits per heavy atom. The van der Waals surface area contributed by atoms with Gasteiger partial charge in [-0.1, -0.05) is 49.7 Å². The van der Waals surface area contributed by atoms with Crippen molar-refractivity contribution in [1.29, 1.82) is 0 Å². The molecule has 0 saturated heterocycles. The van der Waals surface area contributed by atoms with Gasteiger partial charge in [0.05, 0.1) is 17.4 Å². The normalized spacial score (nSPS) is 11.9. The average molecular weight is 412 g/mol. The summed E-state index contributed by atoms with van der Waals surface area (Å²) in [5.41, 5.74) is 1.97. The fourth-order valence-corrected chi connectivity index (χ4v) is 3.09. The molecule has 29 heavy (non-hydrogen) atoms. The highest BCUT2D eigenvalue weighted by molar-refractivity contribution is 6.39. The number of benzene rings is 2. The van der Waals surface area contributed by atoms with Crippen LogP contribution in [0, 0.1) is 5.92 Å². The first-order chi connectivity index (χ1) is 13.9. The summed E-state index contributed by atoms with van der Waals surface area (Å²) >= 11 is 5.96. The molecule has 2 amide bonds. The Hall–Kier alpha value is -3.19. The number of halogens is 1. The van der Waals surface area contributed by atoms with Crippen molar-refractivity contribution >= 4 is 29.1 Å². The third-order valence-corrected chi connectivity index (χ3v) is 4.56. The number of amides is 2. The molecule has 2 N–H and O–H groups in total. The van der Waals surface area contributed by atoms with E-state index in [0.717, 1.165) is 5.56 Å². The molecule has 8 heteroatoms. The van der Waals surface area contributed by atoms with Gasteiger partial charge in [0, 0.05) is 5.02 Å². The molecule has 7 nitrogen and oxygen atoms in total. The Morgan fingerprint density at radius 1 is 1.07 bits per heavy atom. The first-order valence-electron chi connectivity index (χ1n) is 9.25. The van der Waals surface area contributed by atoms with Gasteiger partial charge >= 0.3 is 11.8 Å². The van der Waals surface area contributed by atoms with Crippen LogP contribution in [-0.4, -0.2) is 26.6 Å². The predicted molar refractivity (Wildman–Crippen MR) is 112 cm³/mol. The summed E-state index contributed by atoms with van der Waals surface area (Å²) in [5.74, 6) is -1.13. The SMILES string of the molecule is CC(C)CC(NC(=O)C(=O)Nc1ccccc1-n1cncn1)c1ccc(Cl)cc1. The van der Waals surface area contributed by atoms with Gasteiger partial charge in [0.2, 0.25) is 0 Å². The van der Waals surface area contributed by atoms with Gasteiger partial charge in [-0.3, -0.25) is 9.59 Å². The highest BCUT2D eigenvalue weighted by Gasteiger charge is 2.22. The number of anilines is 1. The number of hydrogen-bond donors (Lipinski definition) is 2. The zero-order valence-corrected chi connectivity index (χ0v) is 16.9. The van der Waals surface area contributed by atoms with E-state index in [1.807, 2.05) is 18.2 Å². The number of para-hydroxylation sites is 2. The molecule has 1 heterocycles. The molecule has 1 unspecified atom stereocenters. The van der Waals surface area contributed by atoms with E-state index in [-0.39, 0.29) is 6.04 Å². The molecular weight excluding hydrogens is 390 g/mol. The Labute approximate surface area is 174 Å². The minimum absolute atomic E-state index is 0.295. The summed E-state index contributed by atoms with van der Waals surface area (Å²) < 4.78 is 1.52. The first kappa shape index (κ1) is 20.5. The third kappa shape index (κ3) is 5.42. The zero-order chi connectivity index (χ0) is 20.8. The molecule has 1 atom stereocenters. The monoisotopic (exact) mass is 411 g/mol. The maximum atomic E-state index is 12.6. The fourth-order valence-electron chi connectivity index (χ4n) is 2.96. The molecule has 150 valence electrons. The molecular formula is C21H22ClN5O2. The van der Waals surface area contributed by atoms with Crippen molar-refractivity contribution < 1.29 is 9.59 Å². The number of aromatic nitrogens is 3. The fraction of sp³-hybridized carbons (Fsp3) is 0.238. The average Bonchev–Trinajstić information content (AvgIpc) is 3.22. The number of nitrogens with zero attached hydrogens (tertiary/aromatic N) is 3. The summed E-state index contributed by atoms with van der Waals surface area (Å²) in [6.45, 7) is 4.12. The number of hydrogen-bond acceptors (Lipinski definition) is 4. The molecule has 2 aromatic carbocycles. The lowest BCUT2D eigenvalue weighted by Gasteiger charge is -2.21. The van der Waals surface area contributed by atoms with Crippen molar-refractivity contribution in [3.63, 3.8) is 0 Å². The van der Waals surface area contributed by atoms with E-state index in [2.05, 4.69) is 34.6 Å². The molecule has 0 radical (unpaired) electrons. The largest absolute Gasteiger partial charge is 0.341 e. The van der Waals surface area contributed by atoms with Crippen LogP contribution in [0.3, 0.4) is 0 Å². The minimum Gasteiger partial charge on any atom is -0.341 e. The Morgan fingerprint density at radius 2 is 1.79 bits per heavy atom. The molecule has 0 aliphatic carbocycles. The Bertz CT molecular complexity index is 971. The van der Waals surface area contributed by atoms with Gasteiger partial charge in [0.1, 0.15) is 12.7 Å². The van der Waals surface area contributed by atoms with E-state index in [4.69, 9.17) is 11.6 Å². The molecule has 0 saturated carbocycles. The van der Waals surface area contributed by atoms with Gasteiger partial charge in [-0.2, -0.15) is 5.10 Å². The van der Waals surface area contributed by atoms with Crippen LogP contribution in [0.1, 0.15) is 31.9 Å². The molecule has 0 aliphatic rings. The van der Waals surface area contributed by atoms with Gasteiger partial charge in [-0.15, -0.1) is 0 Å². The van der Waals surface area contributed by atoms with Crippen LogP contribution in [0.15, 0.2) is 61.2 Å². The Kier molecular flexibility index (Phi) is 6.61. The molecule has 0 aliphatic heterocycles. The van der Waals surface area contributed by atoms with Crippen LogP contribution in [0.4, 0.5) is 5.69 Å². The highest BCUT2D eigenvalue weighted by atomic mass is 35.5. The number of carbonyl (C=O) groups is 2. The third-order valence-electron chi connectivity index (χ3n) is 4.31. The Balaban J connectivity index is 1.74. The first-order valence-corrected chi connectivity index (χ1v) is 9.63. The van der Waals surface area contributed by atoms with Gasteiger partial charge in [0.25, 0.3) is 0 Å². The van der Waals surface area contributed by atoms with Crippen molar-refractivity contribution in [2.75, 3.05) is 5.32 Å². The van der Waals surface area contributed by atoms with Gasteiger partial charge in [-0.25, -0.2) is 9.67 Å². The van der Waals surface area contributed by atoms with Crippen molar-refractivity contribution in [3.8, 4) is 5.69 Å². The number of nitrogens with one attached hydrogen (secondary N) is 2. The topological polar surface area (TPSA) is 88.9 Å². The standard InChI is InChI=1S/C21H22ClN5O2/c1-14(2)11-18(15-7-9-16(22)10-8-15)26-21(29)20(28)25-17-5-3-4-6-19(17)27-13-23-12-24-27/h3-10,12-14,18H,11H2,1-2H3,(H,25,28)(H,26,29). The van der Waals surface area contributed by atoms with E-state index in [0.29, 0.717) is 28.7 Å². The molecule has 3 aromatic rings. The smallest absolute Gasteiger partial charge is 0.313 e. The second kappa shape index (κ2) is 9.34. The summed E-state index contributed by atoms with van der Waals surface area (Å²) in [5, 5.41) is 10.2. The molecule has 1 aromatic heterocycles. The van der Waals surface area contributed by atoms with E-state index in [1.54, 1.807) is 30.3 Å². The summed E-state index contributed by atoms with van der Waals surface area (Å²) in [4.78, 5) is 29.1. The van der Waals surface area contributed by atoms with Crippen LogP contribution in [0.2, 0.25) is 5.02 Å². The van der Waals surface area contributed by atoms with Crippen LogP contribution in [0.25, 0.3) is 5.69 Å². The van der Waals surface area contributed by atoms with E-state index < -0.39 is 11.8 Å². The molecule has 0 spiro atoms. The van der Waals surface area contributed by atoms with Gasteiger partial charge in [-0.05, 0) is 42.2 Å². The van der Waals surface area contributed by atoms with Crippen LogP contribution < -0.4 is 10.6 Å². The van der Waals surface area contributed by atoms with Crippen molar-refractivity contribution in [2.24, 2.45) is 5.92 Å². The maximum absolute atomic E-state index is 12.6. The van der Waals surface area contributed by atoms with Crippen LogP contribution in [-0.2, 0) is 9.59 Å². The van der Waals surface area contributed by atoms with Gasteiger partial charge < -0.3 is 10.6 Å². The summed E-state index contributed by atoms with van der Waals surface area (Å²) in [6, 6.07) is 14.0. The van der Waals surface area contributed by atoms with Crippen LogP contribution >= 0.6 is 11.6 Å². The van der Waals surface area contributed by atoms with Crippen molar-refractivity contribution in [2.45, 2.75) is 26.3 Å².